The predicted molar refractivity (Wildman–Crippen MR) is 239 cm³/mol. The van der Waals surface area contributed by atoms with Crippen LogP contribution in [0.3, 0.4) is 0 Å². The molecule has 0 unspecified atom stereocenters. The van der Waals surface area contributed by atoms with Crippen molar-refractivity contribution in [2.24, 2.45) is 0 Å². The van der Waals surface area contributed by atoms with Crippen molar-refractivity contribution in [3.8, 4) is 68.2 Å². The molecule has 0 aliphatic carbocycles. The van der Waals surface area contributed by atoms with Gasteiger partial charge in [0.05, 0.1) is 28.4 Å². The standard InChI is InChI=1S/C52H31N5S/c53-32-33-13-11-18-36(29-33)37-25-27-41-40-19-7-9-22-44(40)57(46(41)31-37)45-28-26-38(39-21-12-24-48-49(39)42-20-8-10-23-47(42)58-48)30-43(45)52-55-50(34-14-3-1-4-15-34)54-51(56-52)35-16-5-2-6-17-35/h1-31H. The number of nitriles is 1. The lowest BCUT2D eigenvalue weighted by Gasteiger charge is -2.17. The Hall–Kier alpha value is -7.72. The molecule has 0 amide bonds. The number of thiophene rings is 1. The number of hydrogen-bond acceptors (Lipinski definition) is 5. The summed E-state index contributed by atoms with van der Waals surface area (Å²) in [5, 5.41) is 14.5. The summed E-state index contributed by atoms with van der Waals surface area (Å²) in [5.74, 6) is 1.79. The van der Waals surface area contributed by atoms with Crippen molar-refractivity contribution in [3.63, 3.8) is 0 Å². The van der Waals surface area contributed by atoms with Crippen LogP contribution in [0.4, 0.5) is 0 Å². The molecular weight excluding hydrogens is 727 g/mol. The summed E-state index contributed by atoms with van der Waals surface area (Å²) in [6.07, 6.45) is 0. The van der Waals surface area contributed by atoms with Crippen molar-refractivity contribution in [1.82, 2.24) is 19.5 Å². The lowest BCUT2D eigenvalue weighted by molar-refractivity contribution is 1.06. The van der Waals surface area contributed by atoms with Crippen LogP contribution in [0.2, 0.25) is 0 Å². The molecule has 3 aromatic heterocycles. The first-order chi connectivity index (χ1) is 28.7. The normalized spacial score (nSPS) is 11.4. The van der Waals surface area contributed by atoms with Gasteiger partial charge in [0.2, 0.25) is 0 Å². The molecule has 0 fully saturated rings. The van der Waals surface area contributed by atoms with Crippen LogP contribution < -0.4 is 0 Å². The fraction of sp³-hybridized carbons (Fsp3) is 0. The second kappa shape index (κ2) is 13.8. The number of benzene rings is 8. The third kappa shape index (κ3) is 5.64. The van der Waals surface area contributed by atoms with Crippen molar-refractivity contribution in [3.05, 3.63) is 194 Å². The molecule has 270 valence electrons. The van der Waals surface area contributed by atoms with E-state index in [0.717, 1.165) is 66.4 Å². The Morgan fingerprint density at radius 1 is 0.414 bits per heavy atom. The van der Waals surface area contributed by atoms with E-state index in [1.807, 2.05) is 90.2 Å². The largest absolute Gasteiger partial charge is 0.308 e. The van der Waals surface area contributed by atoms with E-state index >= 15 is 0 Å². The first kappa shape index (κ1) is 33.6. The molecule has 8 aromatic carbocycles. The van der Waals surface area contributed by atoms with Gasteiger partial charge in [0.1, 0.15) is 0 Å². The van der Waals surface area contributed by atoms with E-state index < -0.39 is 0 Å². The van der Waals surface area contributed by atoms with Gasteiger partial charge in [-0.1, -0.05) is 140 Å². The Morgan fingerprint density at radius 2 is 1.02 bits per heavy atom. The highest BCUT2D eigenvalue weighted by Crippen LogP contribution is 2.43. The Balaban J connectivity index is 1.23. The summed E-state index contributed by atoms with van der Waals surface area (Å²) < 4.78 is 4.86. The van der Waals surface area contributed by atoms with Crippen LogP contribution in [0.1, 0.15) is 5.56 Å². The topological polar surface area (TPSA) is 67.4 Å². The second-order valence-corrected chi connectivity index (χ2v) is 15.4. The maximum atomic E-state index is 9.73. The minimum absolute atomic E-state index is 0.579. The van der Waals surface area contributed by atoms with Gasteiger partial charge in [0.25, 0.3) is 0 Å². The second-order valence-electron chi connectivity index (χ2n) is 14.3. The highest BCUT2D eigenvalue weighted by atomic mass is 32.1. The van der Waals surface area contributed by atoms with Crippen LogP contribution in [0, 0.1) is 11.3 Å². The van der Waals surface area contributed by atoms with Gasteiger partial charge in [-0.2, -0.15) is 5.26 Å². The van der Waals surface area contributed by atoms with Gasteiger partial charge in [0.15, 0.2) is 17.5 Å². The van der Waals surface area contributed by atoms with Crippen LogP contribution in [-0.2, 0) is 0 Å². The average Bonchev–Trinajstić information content (AvgIpc) is 3.85. The zero-order chi connectivity index (χ0) is 38.6. The molecule has 0 aliphatic heterocycles. The molecule has 0 radical (unpaired) electrons. The maximum absolute atomic E-state index is 9.73. The van der Waals surface area contributed by atoms with Gasteiger partial charge in [-0.25, -0.2) is 15.0 Å². The number of rotatable bonds is 6. The highest BCUT2D eigenvalue weighted by molar-refractivity contribution is 7.25. The Labute approximate surface area is 338 Å². The summed E-state index contributed by atoms with van der Waals surface area (Å²) in [6, 6.07) is 67.4. The van der Waals surface area contributed by atoms with Gasteiger partial charge in [-0.05, 0) is 70.8 Å². The quantitative estimate of drug-likeness (QED) is 0.169. The fourth-order valence-corrected chi connectivity index (χ4v) is 9.33. The molecule has 0 spiro atoms. The van der Waals surface area contributed by atoms with Crippen LogP contribution in [0.15, 0.2) is 188 Å². The van der Waals surface area contributed by atoms with E-state index in [1.165, 1.54) is 20.2 Å². The fourth-order valence-electron chi connectivity index (χ4n) is 8.20. The van der Waals surface area contributed by atoms with Crippen molar-refractivity contribution in [2.45, 2.75) is 0 Å². The average molecular weight is 758 g/mol. The van der Waals surface area contributed by atoms with E-state index in [2.05, 4.69) is 120 Å². The van der Waals surface area contributed by atoms with E-state index in [-0.39, 0.29) is 0 Å². The third-order valence-corrected chi connectivity index (χ3v) is 12.0. The van der Waals surface area contributed by atoms with Crippen LogP contribution in [0.25, 0.3) is 104 Å². The molecule has 0 saturated carbocycles. The minimum atomic E-state index is 0.579. The molecule has 11 rings (SSSR count). The summed E-state index contributed by atoms with van der Waals surface area (Å²) in [6.45, 7) is 0. The molecule has 0 saturated heterocycles. The summed E-state index contributed by atoms with van der Waals surface area (Å²) >= 11 is 1.82. The van der Waals surface area contributed by atoms with E-state index in [4.69, 9.17) is 15.0 Å². The predicted octanol–water partition coefficient (Wildman–Crippen LogP) is 13.5. The molecule has 11 aromatic rings. The van der Waals surface area contributed by atoms with Crippen molar-refractivity contribution in [2.75, 3.05) is 0 Å². The molecule has 3 heterocycles. The number of hydrogen-bond donors (Lipinski definition) is 0. The van der Waals surface area contributed by atoms with Crippen LogP contribution >= 0.6 is 11.3 Å². The zero-order valence-corrected chi connectivity index (χ0v) is 31.9. The van der Waals surface area contributed by atoms with Crippen molar-refractivity contribution >= 4 is 53.3 Å². The molecule has 0 N–H and O–H groups in total. The minimum Gasteiger partial charge on any atom is -0.308 e. The number of para-hydroxylation sites is 1. The molecule has 0 bridgehead atoms. The van der Waals surface area contributed by atoms with Crippen molar-refractivity contribution in [1.29, 1.82) is 5.26 Å². The van der Waals surface area contributed by atoms with E-state index in [0.29, 0.717) is 23.0 Å². The van der Waals surface area contributed by atoms with Crippen LogP contribution in [-0.4, -0.2) is 19.5 Å². The van der Waals surface area contributed by atoms with Gasteiger partial charge in [-0.15, -0.1) is 11.3 Å². The van der Waals surface area contributed by atoms with Gasteiger partial charge >= 0.3 is 0 Å². The third-order valence-electron chi connectivity index (χ3n) is 10.9. The molecule has 5 nitrogen and oxygen atoms in total. The smallest absolute Gasteiger partial charge is 0.166 e. The van der Waals surface area contributed by atoms with Gasteiger partial charge < -0.3 is 4.57 Å². The lowest BCUT2D eigenvalue weighted by Crippen LogP contribution is -2.04. The molecule has 6 heteroatoms. The Morgan fingerprint density at radius 3 is 1.79 bits per heavy atom. The zero-order valence-electron chi connectivity index (χ0n) is 31.0. The van der Waals surface area contributed by atoms with E-state index in [1.54, 1.807) is 0 Å². The monoisotopic (exact) mass is 757 g/mol. The molecular formula is C52H31N5S. The van der Waals surface area contributed by atoms with Crippen molar-refractivity contribution < 1.29 is 0 Å². The lowest BCUT2D eigenvalue weighted by atomic mass is 9.96. The maximum Gasteiger partial charge on any atom is 0.166 e. The molecule has 0 atom stereocenters. The first-order valence-electron chi connectivity index (χ1n) is 19.2. The first-order valence-corrected chi connectivity index (χ1v) is 20.0. The summed E-state index contributed by atoms with van der Waals surface area (Å²) in [7, 11) is 0. The molecule has 0 aliphatic rings. The Bertz CT molecular complexity index is 3360. The molecule has 58 heavy (non-hydrogen) atoms. The number of aromatic nitrogens is 4. The number of fused-ring (bicyclic) bond motifs is 6. The SMILES string of the molecule is N#Cc1cccc(-c2ccc3c4ccccc4n(-c4ccc(-c5cccc6sc7ccccc7c56)cc4-c4nc(-c5ccccc5)nc(-c5ccccc5)n4)c3c2)c1. The van der Waals surface area contributed by atoms with E-state index in [9.17, 15) is 5.26 Å². The Kier molecular flexibility index (Phi) is 7.99. The number of nitrogens with zero attached hydrogens (tertiary/aromatic N) is 5. The summed E-state index contributed by atoms with van der Waals surface area (Å²) in [4.78, 5) is 15.6. The summed E-state index contributed by atoms with van der Waals surface area (Å²) in [5.41, 5.74) is 10.6. The highest BCUT2D eigenvalue weighted by Gasteiger charge is 2.22. The van der Waals surface area contributed by atoms with Crippen LogP contribution in [0.5, 0.6) is 0 Å². The van der Waals surface area contributed by atoms with Gasteiger partial charge in [-0.3, -0.25) is 0 Å². The van der Waals surface area contributed by atoms with Gasteiger partial charge in [0, 0.05) is 47.6 Å².